The van der Waals surface area contributed by atoms with E-state index >= 15 is 0 Å². The predicted octanol–water partition coefficient (Wildman–Crippen LogP) is -0.450. The van der Waals surface area contributed by atoms with Gasteiger partial charge >= 0.3 is 23.9 Å². The summed E-state index contributed by atoms with van der Waals surface area (Å²) < 4.78 is 20.4. The Balaban J connectivity index is 5.35. The molecule has 10 nitrogen and oxygen atoms in total. The van der Waals surface area contributed by atoms with Gasteiger partial charge in [0.2, 0.25) is 0 Å². The molecule has 0 aliphatic heterocycles. The van der Waals surface area contributed by atoms with Gasteiger partial charge in [-0.3, -0.25) is 19.2 Å². The molecule has 0 amide bonds. The molecule has 2 N–H and O–H groups in total. The van der Waals surface area contributed by atoms with E-state index in [2.05, 4.69) is 25.3 Å². The number of aliphatic hydroxyl groups is 2. The summed E-state index contributed by atoms with van der Waals surface area (Å²) in [5.74, 6) is -2.15. The summed E-state index contributed by atoms with van der Waals surface area (Å²) in [6, 6.07) is 0. The summed E-state index contributed by atoms with van der Waals surface area (Å²) in [5.41, 5.74) is -1.37. The number of thiol groups is 2. The predicted molar refractivity (Wildman–Crippen MR) is 107 cm³/mol. The van der Waals surface area contributed by atoms with Gasteiger partial charge in [-0.25, -0.2) is 0 Å². The SMILES string of the molecule is O=C(CCO)OCC(COC(=O)CCO)(COC(=O)CCS)COC(=O)CCS. The maximum Gasteiger partial charge on any atom is 0.308 e. The van der Waals surface area contributed by atoms with Gasteiger partial charge in [0.1, 0.15) is 31.8 Å². The Hall–Kier alpha value is -1.50. The average Bonchev–Trinajstić information content (AvgIpc) is 2.68. The van der Waals surface area contributed by atoms with Gasteiger partial charge in [0.15, 0.2) is 0 Å². The molecule has 0 rings (SSSR count). The van der Waals surface area contributed by atoms with Crippen LogP contribution >= 0.6 is 25.3 Å². The molecule has 0 fully saturated rings. The van der Waals surface area contributed by atoms with Crippen molar-refractivity contribution in [1.29, 1.82) is 0 Å². The Bertz CT molecular complexity index is 433. The molecule has 0 aromatic carbocycles. The lowest BCUT2D eigenvalue weighted by Crippen LogP contribution is -2.44. The molecule has 0 heterocycles. The zero-order valence-corrected chi connectivity index (χ0v) is 17.8. The first-order valence-corrected chi connectivity index (χ1v) is 10.1. The normalized spacial score (nSPS) is 10.9. The van der Waals surface area contributed by atoms with E-state index in [9.17, 15) is 19.2 Å². The Morgan fingerprint density at radius 2 is 0.862 bits per heavy atom. The summed E-state index contributed by atoms with van der Waals surface area (Å²) in [4.78, 5) is 46.8. The minimum Gasteiger partial charge on any atom is -0.465 e. The van der Waals surface area contributed by atoms with Crippen LogP contribution in [0.15, 0.2) is 0 Å². The number of carbonyl (C=O) groups is 4. The zero-order chi connectivity index (χ0) is 22.1. The van der Waals surface area contributed by atoms with Crippen LogP contribution in [0.5, 0.6) is 0 Å². The lowest BCUT2D eigenvalue weighted by atomic mass is 9.92. The molecule has 0 unspecified atom stereocenters. The van der Waals surface area contributed by atoms with Crippen molar-refractivity contribution in [1.82, 2.24) is 0 Å². The maximum atomic E-state index is 11.7. The van der Waals surface area contributed by atoms with Crippen LogP contribution < -0.4 is 0 Å². The second-order valence-electron chi connectivity index (χ2n) is 6.04. The van der Waals surface area contributed by atoms with Crippen LogP contribution in [-0.2, 0) is 38.1 Å². The van der Waals surface area contributed by atoms with Crippen molar-refractivity contribution in [3.8, 4) is 0 Å². The first kappa shape index (κ1) is 27.5. The van der Waals surface area contributed by atoms with Crippen molar-refractivity contribution < 1.29 is 48.3 Å². The van der Waals surface area contributed by atoms with Gasteiger partial charge in [-0.15, -0.1) is 0 Å². The Labute approximate surface area is 180 Å². The molecule has 0 saturated heterocycles. The van der Waals surface area contributed by atoms with E-state index in [0.29, 0.717) is 0 Å². The van der Waals surface area contributed by atoms with Gasteiger partial charge < -0.3 is 29.2 Å². The van der Waals surface area contributed by atoms with Gasteiger partial charge in [-0.05, 0) is 0 Å². The van der Waals surface area contributed by atoms with Crippen LogP contribution in [0, 0.1) is 5.41 Å². The van der Waals surface area contributed by atoms with E-state index in [4.69, 9.17) is 29.2 Å². The lowest BCUT2D eigenvalue weighted by molar-refractivity contribution is -0.170. The van der Waals surface area contributed by atoms with Gasteiger partial charge in [-0.2, -0.15) is 25.3 Å². The molecular formula is C17H28O10S2. The van der Waals surface area contributed by atoms with Crippen molar-refractivity contribution in [2.24, 2.45) is 5.41 Å². The number of aliphatic hydroxyl groups excluding tert-OH is 2. The highest BCUT2D eigenvalue weighted by Gasteiger charge is 2.37. The summed E-state index contributed by atoms with van der Waals surface area (Å²) in [7, 11) is 0. The standard InChI is InChI=1S/C17H28O10S2/c18-5-1-13(20)24-9-17(10-25-14(21)2-6-19,11-26-15(22)3-7-28)12-27-16(23)4-8-29/h18-19,28-29H,1-12H2. The van der Waals surface area contributed by atoms with Crippen LogP contribution in [0.25, 0.3) is 0 Å². The van der Waals surface area contributed by atoms with E-state index in [1.54, 1.807) is 0 Å². The molecule has 0 aliphatic carbocycles. The summed E-state index contributed by atoms with van der Waals surface area (Å²) in [6.07, 6.45) is -0.487. The van der Waals surface area contributed by atoms with Crippen LogP contribution in [0.1, 0.15) is 25.7 Å². The third kappa shape index (κ3) is 13.4. The molecule has 0 atom stereocenters. The van der Waals surface area contributed by atoms with Crippen molar-refractivity contribution in [2.75, 3.05) is 51.1 Å². The Morgan fingerprint density at radius 1 is 0.586 bits per heavy atom. The first-order chi connectivity index (χ1) is 13.8. The molecule has 12 heteroatoms. The second kappa shape index (κ2) is 16.3. The number of carbonyl (C=O) groups excluding carboxylic acids is 4. The van der Waals surface area contributed by atoms with Gasteiger partial charge in [0.25, 0.3) is 0 Å². The fourth-order valence-electron chi connectivity index (χ4n) is 1.84. The van der Waals surface area contributed by atoms with Crippen molar-refractivity contribution >= 4 is 49.1 Å². The largest absolute Gasteiger partial charge is 0.465 e. The molecule has 0 spiro atoms. The van der Waals surface area contributed by atoms with E-state index in [1.807, 2.05) is 0 Å². The lowest BCUT2D eigenvalue weighted by Gasteiger charge is -2.31. The van der Waals surface area contributed by atoms with Crippen LogP contribution in [0.2, 0.25) is 0 Å². The molecule has 0 radical (unpaired) electrons. The quantitative estimate of drug-likeness (QED) is 0.137. The topological polar surface area (TPSA) is 146 Å². The Morgan fingerprint density at radius 3 is 1.10 bits per heavy atom. The third-order valence-electron chi connectivity index (χ3n) is 3.42. The highest BCUT2D eigenvalue weighted by molar-refractivity contribution is 7.80. The number of ether oxygens (including phenoxy) is 4. The average molecular weight is 457 g/mol. The van der Waals surface area contributed by atoms with E-state index < -0.39 is 55.7 Å². The smallest absolute Gasteiger partial charge is 0.308 e. The number of rotatable bonds is 16. The monoisotopic (exact) mass is 456 g/mol. The van der Waals surface area contributed by atoms with Crippen LogP contribution in [0.3, 0.4) is 0 Å². The third-order valence-corrected chi connectivity index (χ3v) is 3.87. The van der Waals surface area contributed by atoms with Crippen molar-refractivity contribution in [3.63, 3.8) is 0 Å². The van der Waals surface area contributed by atoms with Crippen molar-refractivity contribution in [2.45, 2.75) is 25.7 Å². The molecule has 0 aliphatic rings. The molecule has 0 saturated carbocycles. The van der Waals surface area contributed by atoms with E-state index in [0.717, 1.165) is 0 Å². The van der Waals surface area contributed by atoms with Crippen molar-refractivity contribution in [3.05, 3.63) is 0 Å². The minimum absolute atomic E-state index is 0.0211. The minimum atomic E-state index is -1.37. The summed E-state index contributed by atoms with van der Waals surface area (Å²) >= 11 is 7.87. The number of esters is 4. The molecule has 168 valence electrons. The molecule has 0 bridgehead atoms. The maximum absolute atomic E-state index is 11.7. The molecular weight excluding hydrogens is 428 g/mol. The molecule has 0 aromatic rings. The first-order valence-electron chi connectivity index (χ1n) is 8.88. The zero-order valence-electron chi connectivity index (χ0n) is 16.0. The molecule has 29 heavy (non-hydrogen) atoms. The molecule has 0 aromatic heterocycles. The highest BCUT2D eigenvalue weighted by atomic mass is 32.1. The fraction of sp³-hybridized carbons (Fsp3) is 0.765. The fourth-order valence-corrected chi connectivity index (χ4v) is 2.20. The Kier molecular flexibility index (Phi) is 15.5. The van der Waals surface area contributed by atoms with Crippen LogP contribution in [0.4, 0.5) is 0 Å². The van der Waals surface area contributed by atoms with E-state index in [1.165, 1.54) is 0 Å². The second-order valence-corrected chi connectivity index (χ2v) is 6.93. The number of hydrogen-bond acceptors (Lipinski definition) is 12. The highest BCUT2D eigenvalue weighted by Crippen LogP contribution is 2.22. The summed E-state index contributed by atoms with van der Waals surface area (Å²) in [5, 5.41) is 17.6. The number of hydrogen-bond donors (Lipinski definition) is 4. The van der Waals surface area contributed by atoms with Crippen LogP contribution in [-0.4, -0.2) is 85.2 Å². The van der Waals surface area contributed by atoms with Gasteiger partial charge in [0, 0.05) is 11.5 Å². The van der Waals surface area contributed by atoms with Gasteiger partial charge in [0.05, 0.1) is 38.9 Å². The summed E-state index contributed by atoms with van der Waals surface area (Å²) in [6.45, 7) is -2.39. The van der Waals surface area contributed by atoms with Gasteiger partial charge in [-0.1, -0.05) is 0 Å². The van der Waals surface area contributed by atoms with E-state index in [-0.39, 0.29) is 50.4 Å².